The van der Waals surface area contributed by atoms with Gasteiger partial charge in [-0.15, -0.1) is 11.3 Å². The number of rotatable bonds is 8. The predicted octanol–water partition coefficient (Wildman–Crippen LogP) is 5.66. The maximum absolute atomic E-state index is 13.4. The lowest BCUT2D eigenvalue weighted by atomic mass is 9.83. The monoisotopic (exact) mass is 690 g/mol. The van der Waals surface area contributed by atoms with Crippen LogP contribution in [0.5, 0.6) is 0 Å². The van der Waals surface area contributed by atoms with Gasteiger partial charge >= 0.3 is 18.3 Å². The molecule has 0 aliphatic heterocycles. The lowest BCUT2D eigenvalue weighted by molar-refractivity contribution is -0.140. The molecule has 0 radical (unpaired) electrons. The molecule has 1 saturated carbocycles. The van der Waals surface area contributed by atoms with Gasteiger partial charge in [0.25, 0.3) is 11.8 Å². The lowest BCUT2D eigenvalue weighted by Gasteiger charge is -2.30. The number of hydrogen-bond donors (Lipinski definition) is 5. The van der Waals surface area contributed by atoms with Crippen molar-refractivity contribution in [3.8, 4) is 21.7 Å². The maximum atomic E-state index is 13.4. The molecule has 258 valence electrons. The van der Waals surface area contributed by atoms with Crippen molar-refractivity contribution in [3.05, 3.63) is 47.4 Å². The van der Waals surface area contributed by atoms with Crippen molar-refractivity contribution >= 4 is 41.1 Å². The number of nitrogens with zero attached hydrogens (tertiary/aromatic N) is 3. The predicted molar refractivity (Wildman–Crippen MR) is 172 cm³/mol. The average Bonchev–Trinajstić information content (AvgIpc) is 3.53. The van der Waals surface area contributed by atoms with Crippen LogP contribution >= 0.6 is 11.3 Å². The molecule has 1 aliphatic carbocycles. The topological polar surface area (TPSA) is 176 Å². The first-order valence-corrected chi connectivity index (χ1v) is 16.2. The molecule has 0 saturated heterocycles. The van der Waals surface area contributed by atoms with E-state index in [9.17, 15) is 32.3 Å². The molecule has 1 aliphatic rings. The van der Waals surface area contributed by atoms with Crippen molar-refractivity contribution < 1.29 is 37.1 Å². The summed E-state index contributed by atoms with van der Waals surface area (Å²) in [6, 6.07) is 2.76. The molecule has 13 nitrogen and oxygen atoms in total. The van der Waals surface area contributed by atoms with E-state index < -0.39 is 47.5 Å². The largest absolute Gasteiger partial charge is 0.444 e. The van der Waals surface area contributed by atoms with E-state index in [-0.39, 0.29) is 28.0 Å². The molecule has 3 heterocycles. The summed E-state index contributed by atoms with van der Waals surface area (Å²) < 4.78 is 45.5. The van der Waals surface area contributed by atoms with Gasteiger partial charge in [0, 0.05) is 35.4 Å². The van der Waals surface area contributed by atoms with Crippen LogP contribution in [0.2, 0.25) is 0 Å². The fourth-order valence-corrected chi connectivity index (χ4v) is 5.92. The second kappa shape index (κ2) is 15.4. The van der Waals surface area contributed by atoms with Gasteiger partial charge in [-0.2, -0.15) is 13.2 Å². The fraction of sp³-hybridized carbons (Fsp3) is 0.452. The molecular formula is C31H37F3N8O5S. The summed E-state index contributed by atoms with van der Waals surface area (Å²) in [7, 11) is 0. The van der Waals surface area contributed by atoms with E-state index in [0.29, 0.717) is 30.5 Å². The van der Waals surface area contributed by atoms with Crippen molar-refractivity contribution in [1.29, 1.82) is 0 Å². The van der Waals surface area contributed by atoms with E-state index >= 15 is 0 Å². The summed E-state index contributed by atoms with van der Waals surface area (Å²) in [5.74, 6) is -1.53. The smallest absolute Gasteiger partial charge is 0.434 e. The average molecular weight is 691 g/mol. The van der Waals surface area contributed by atoms with Gasteiger partial charge in [0.15, 0.2) is 5.69 Å². The van der Waals surface area contributed by atoms with Crippen LogP contribution in [0.1, 0.15) is 76.0 Å². The number of alkyl halides is 3. The van der Waals surface area contributed by atoms with Crippen molar-refractivity contribution in [2.45, 2.75) is 77.6 Å². The van der Waals surface area contributed by atoms with Gasteiger partial charge in [-0.3, -0.25) is 30.7 Å². The number of alkyl carbamates (subject to hydrolysis) is 1. The number of hydrazine groups is 1. The van der Waals surface area contributed by atoms with Crippen LogP contribution in [0.3, 0.4) is 0 Å². The van der Waals surface area contributed by atoms with Crippen LogP contribution in [-0.4, -0.2) is 57.1 Å². The second-order valence-electron chi connectivity index (χ2n) is 12.0. The highest BCUT2D eigenvalue weighted by atomic mass is 32.1. The molecule has 4 rings (SSSR count). The summed E-state index contributed by atoms with van der Waals surface area (Å²) in [4.78, 5) is 63.1. The molecule has 0 aromatic carbocycles. The van der Waals surface area contributed by atoms with Gasteiger partial charge in [0.05, 0.1) is 0 Å². The minimum absolute atomic E-state index is 0.00000594. The molecule has 0 unspecified atom stereocenters. The van der Waals surface area contributed by atoms with Crippen LogP contribution in [0, 0.1) is 5.92 Å². The summed E-state index contributed by atoms with van der Waals surface area (Å²) in [5.41, 5.74) is 3.58. The van der Waals surface area contributed by atoms with Crippen LogP contribution in [-0.2, 0) is 15.7 Å². The number of anilines is 1. The molecule has 5 N–H and O–H groups in total. The number of thiazole rings is 1. The summed E-state index contributed by atoms with van der Waals surface area (Å²) in [6.07, 6.45) is 1.45. The minimum atomic E-state index is -4.67. The molecule has 48 heavy (non-hydrogen) atoms. The minimum Gasteiger partial charge on any atom is -0.444 e. The van der Waals surface area contributed by atoms with E-state index in [0.717, 1.165) is 36.0 Å². The fourth-order valence-electron chi connectivity index (χ4n) is 5.06. The standard InChI is InChI=1S/C31H37F3N8O5S/c1-5-35-28(45)39-23-14-19(27-38-22(16-48-27)31(32,33)34)20(15-37-23)18-11-12-36-21(13-18)25(43)41-42-26(44)24(17-9-7-6-8-10-17)40-29(46)47-30(2,3)4/h11-17,24H,5-10H2,1-4H3,(H,40,46)(H,41,43)(H,42,44)(H2,35,37,39,45)/t24-/m0/s1. The number of aromatic nitrogens is 3. The summed E-state index contributed by atoms with van der Waals surface area (Å²) in [6.45, 7) is 7.17. The first-order valence-electron chi connectivity index (χ1n) is 15.3. The van der Waals surface area contributed by atoms with Crippen molar-refractivity contribution in [1.82, 2.24) is 36.4 Å². The highest BCUT2D eigenvalue weighted by molar-refractivity contribution is 7.13. The Kier molecular flexibility index (Phi) is 11.6. The SMILES string of the molecule is CCNC(=O)Nc1cc(-c2nc(C(F)(F)F)cs2)c(-c2ccnc(C(=O)NNC(=O)[C@@H](NC(=O)OC(C)(C)C)C3CCCCC3)c2)cn1. The van der Waals surface area contributed by atoms with E-state index in [1.165, 1.54) is 30.6 Å². The van der Waals surface area contributed by atoms with Crippen LogP contribution < -0.4 is 26.8 Å². The van der Waals surface area contributed by atoms with Gasteiger partial charge in [-0.05, 0) is 70.2 Å². The number of carbonyl (C=O) groups is 4. The quantitative estimate of drug-likeness (QED) is 0.188. The second-order valence-corrected chi connectivity index (χ2v) is 12.9. The number of carbonyl (C=O) groups excluding carboxylic acids is 4. The number of amides is 5. The number of hydrogen-bond acceptors (Lipinski definition) is 9. The molecule has 17 heteroatoms. The Morgan fingerprint density at radius 2 is 1.75 bits per heavy atom. The molecular weight excluding hydrogens is 653 g/mol. The van der Waals surface area contributed by atoms with Crippen molar-refractivity contribution in [2.75, 3.05) is 11.9 Å². The highest BCUT2D eigenvalue weighted by Gasteiger charge is 2.35. The van der Waals surface area contributed by atoms with Crippen LogP contribution in [0.4, 0.5) is 28.6 Å². The Labute approximate surface area is 278 Å². The number of pyridine rings is 2. The molecule has 1 atom stereocenters. The molecule has 5 amide bonds. The van der Waals surface area contributed by atoms with E-state index in [1.54, 1.807) is 27.7 Å². The molecule has 3 aromatic heterocycles. The number of ether oxygens (including phenoxy) is 1. The molecule has 0 bridgehead atoms. The van der Waals surface area contributed by atoms with Gasteiger partial charge < -0.3 is 15.4 Å². The Balaban J connectivity index is 1.56. The Morgan fingerprint density at radius 3 is 2.40 bits per heavy atom. The first kappa shape index (κ1) is 36.0. The number of urea groups is 1. The number of halogens is 3. The molecule has 3 aromatic rings. The Bertz CT molecular complexity index is 1640. The van der Waals surface area contributed by atoms with Gasteiger partial charge in [0.2, 0.25) is 0 Å². The summed E-state index contributed by atoms with van der Waals surface area (Å²) >= 11 is 0.751. The van der Waals surface area contributed by atoms with E-state index in [1.807, 2.05) is 0 Å². The Hall–Kier alpha value is -4.80. The first-order chi connectivity index (χ1) is 22.6. The third kappa shape index (κ3) is 9.85. The normalized spacial score (nSPS) is 14.4. The van der Waals surface area contributed by atoms with Crippen molar-refractivity contribution in [2.24, 2.45) is 5.92 Å². The van der Waals surface area contributed by atoms with Gasteiger partial charge in [-0.1, -0.05) is 19.3 Å². The zero-order chi connectivity index (χ0) is 35.1. The third-order valence-electron chi connectivity index (χ3n) is 7.19. The zero-order valence-electron chi connectivity index (χ0n) is 26.8. The summed E-state index contributed by atoms with van der Waals surface area (Å²) in [5, 5.41) is 8.59. The molecule has 1 fully saturated rings. The van der Waals surface area contributed by atoms with Gasteiger partial charge in [-0.25, -0.2) is 19.6 Å². The van der Waals surface area contributed by atoms with E-state index in [4.69, 9.17) is 4.74 Å². The molecule has 0 spiro atoms. The highest BCUT2D eigenvalue weighted by Crippen LogP contribution is 2.38. The zero-order valence-corrected chi connectivity index (χ0v) is 27.6. The van der Waals surface area contributed by atoms with Crippen LogP contribution in [0.25, 0.3) is 21.7 Å². The maximum Gasteiger partial charge on any atom is 0.434 e. The van der Waals surface area contributed by atoms with Crippen molar-refractivity contribution in [3.63, 3.8) is 0 Å². The van der Waals surface area contributed by atoms with Crippen LogP contribution in [0.15, 0.2) is 36.0 Å². The lowest BCUT2D eigenvalue weighted by Crippen LogP contribution is -2.56. The van der Waals surface area contributed by atoms with Gasteiger partial charge in [0.1, 0.15) is 28.2 Å². The number of nitrogens with one attached hydrogen (secondary N) is 5. The van der Waals surface area contributed by atoms with E-state index in [2.05, 4.69) is 41.8 Å². The third-order valence-corrected chi connectivity index (χ3v) is 8.06. The Morgan fingerprint density at radius 1 is 1.02 bits per heavy atom.